The molecule has 1 aliphatic carbocycles. The molecule has 1 fully saturated rings. The lowest BCUT2D eigenvalue weighted by atomic mass is 9.87. The Bertz CT molecular complexity index is 588. The monoisotopic (exact) mass is 314 g/mol. The fraction of sp³-hybridized carbons (Fsp3) is 0.400. The Morgan fingerprint density at radius 3 is 2.41 bits per heavy atom. The normalized spacial score (nSPS) is 15.7. The van der Waals surface area contributed by atoms with E-state index < -0.39 is 0 Å². The standard InChI is InChI=1S/C20H23ClO/c21-19-15-18(17-9-5-2-6-10-17)11-12-20(19)22-14-13-16-7-3-1-4-8-16/h2,5-6,9-12,15-16H,1,3-4,7-8,13-14H2. The predicted octanol–water partition coefficient (Wildman–Crippen LogP) is 6.36. The van der Waals surface area contributed by atoms with E-state index in [2.05, 4.69) is 18.2 Å². The summed E-state index contributed by atoms with van der Waals surface area (Å²) in [6.45, 7) is 0.773. The van der Waals surface area contributed by atoms with Crippen molar-refractivity contribution in [2.24, 2.45) is 5.92 Å². The van der Waals surface area contributed by atoms with Crippen LogP contribution in [0.4, 0.5) is 0 Å². The Kier molecular flexibility index (Phi) is 5.39. The van der Waals surface area contributed by atoms with Gasteiger partial charge in [-0.2, -0.15) is 0 Å². The highest BCUT2D eigenvalue weighted by atomic mass is 35.5. The molecule has 116 valence electrons. The second kappa shape index (κ2) is 7.69. The van der Waals surface area contributed by atoms with Crippen LogP contribution in [-0.2, 0) is 0 Å². The van der Waals surface area contributed by atoms with Crippen molar-refractivity contribution in [3.63, 3.8) is 0 Å². The first-order valence-corrected chi connectivity index (χ1v) is 8.68. The summed E-state index contributed by atoms with van der Waals surface area (Å²) in [5, 5.41) is 0.699. The Labute approximate surface area is 138 Å². The number of hydrogen-bond donors (Lipinski definition) is 0. The summed E-state index contributed by atoms with van der Waals surface area (Å²) in [6, 6.07) is 16.4. The van der Waals surface area contributed by atoms with Gasteiger partial charge in [0, 0.05) is 0 Å². The smallest absolute Gasteiger partial charge is 0.137 e. The van der Waals surface area contributed by atoms with Crippen molar-refractivity contribution in [1.29, 1.82) is 0 Å². The molecule has 0 unspecified atom stereocenters. The molecule has 0 aliphatic heterocycles. The molecule has 0 atom stereocenters. The predicted molar refractivity (Wildman–Crippen MR) is 93.6 cm³/mol. The van der Waals surface area contributed by atoms with Crippen LogP contribution in [0.15, 0.2) is 48.5 Å². The summed E-state index contributed by atoms with van der Waals surface area (Å²) in [7, 11) is 0. The maximum atomic E-state index is 6.38. The third-order valence-electron chi connectivity index (χ3n) is 4.55. The third kappa shape index (κ3) is 4.04. The maximum Gasteiger partial charge on any atom is 0.137 e. The van der Waals surface area contributed by atoms with Crippen LogP contribution in [0.1, 0.15) is 38.5 Å². The van der Waals surface area contributed by atoms with Gasteiger partial charge in [-0.25, -0.2) is 0 Å². The molecule has 0 aromatic heterocycles. The summed E-state index contributed by atoms with van der Waals surface area (Å²) in [5.74, 6) is 1.65. The highest BCUT2D eigenvalue weighted by Gasteiger charge is 2.13. The molecule has 0 spiro atoms. The minimum atomic E-state index is 0.699. The molecular weight excluding hydrogens is 292 g/mol. The first-order valence-electron chi connectivity index (χ1n) is 8.31. The van der Waals surface area contributed by atoms with Crippen molar-refractivity contribution in [2.45, 2.75) is 38.5 Å². The largest absolute Gasteiger partial charge is 0.492 e. The van der Waals surface area contributed by atoms with Crippen LogP contribution in [0.25, 0.3) is 11.1 Å². The lowest BCUT2D eigenvalue weighted by Gasteiger charge is -2.21. The number of rotatable bonds is 5. The van der Waals surface area contributed by atoms with Gasteiger partial charge in [-0.15, -0.1) is 0 Å². The zero-order valence-corrected chi connectivity index (χ0v) is 13.7. The summed E-state index contributed by atoms with van der Waals surface area (Å²) >= 11 is 6.38. The molecule has 2 aromatic carbocycles. The molecule has 2 aromatic rings. The quantitative estimate of drug-likeness (QED) is 0.624. The second-order valence-electron chi connectivity index (χ2n) is 6.15. The van der Waals surface area contributed by atoms with Crippen LogP contribution in [-0.4, -0.2) is 6.61 Å². The van der Waals surface area contributed by atoms with Crippen molar-refractivity contribution < 1.29 is 4.74 Å². The number of halogens is 1. The van der Waals surface area contributed by atoms with Crippen molar-refractivity contribution >= 4 is 11.6 Å². The van der Waals surface area contributed by atoms with Crippen LogP contribution in [0.5, 0.6) is 5.75 Å². The number of benzene rings is 2. The fourth-order valence-corrected chi connectivity index (χ4v) is 3.47. The summed E-state index contributed by atoms with van der Waals surface area (Å²) in [6.07, 6.45) is 8.06. The average molecular weight is 315 g/mol. The summed E-state index contributed by atoms with van der Waals surface area (Å²) < 4.78 is 5.90. The minimum Gasteiger partial charge on any atom is -0.492 e. The van der Waals surface area contributed by atoms with E-state index >= 15 is 0 Å². The Morgan fingerprint density at radius 2 is 1.68 bits per heavy atom. The minimum absolute atomic E-state index is 0.699. The Hall–Kier alpha value is -1.47. The van der Waals surface area contributed by atoms with E-state index in [0.717, 1.165) is 30.3 Å². The zero-order valence-electron chi connectivity index (χ0n) is 12.9. The maximum absolute atomic E-state index is 6.38. The molecule has 0 heterocycles. The van der Waals surface area contributed by atoms with Gasteiger partial charge in [0.1, 0.15) is 5.75 Å². The molecule has 0 saturated heterocycles. The lowest BCUT2D eigenvalue weighted by molar-refractivity contribution is 0.246. The molecule has 0 radical (unpaired) electrons. The molecule has 1 saturated carbocycles. The van der Waals surface area contributed by atoms with Gasteiger partial charge in [-0.1, -0.05) is 80.1 Å². The molecule has 0 N–H and O–H groups in total. The zero-order chi connectivity index (χ0) is 15.2. The van der Waals surface area contributed by atoms with Crippen LogP contribution in [0.2, 0.25) is 5.02 Å². The van der Waals surface area contributed by atoms with Gasteiger partial charge in [-0.3, -0.25) is 0 Å². The topological polar surface area (TPSA) is 9.23 Å². The first kappa shape index (κ1) is 15.4. The van der Waals surface area contributed by atoms with Gasteiger partial charge >= 0.3 is 0 Å². The second-order valence-corrected chi connectivity index (χ2v) is 6.56. The number of ether oxygens (including phenoxy) is 1. The van der Waals surface area contributed by atoms with E-state index in [1.54, 1.807) is 0 Å². The van der Waals surface area contributed by atoms with Crippen molar-refractivity contribution in [2.75, 3.05) is 6.61 Å². The number of hydrogen-bond acceptors (Lipinski definition) is 1. The van der Waals surface area contributed by atoms with Crippen LogP contribution in [0, 0.1) is 5.92 Å². The van der Waals surface area contributed by atoms with Gasteiger partial charge in [0.2, 0.25) is 0 Å². The molecule has 22 heavy (non-hydrogen) atoms. The van der Waals surface area contributed by atoms with Crippen molar-refractivity contribution in [1.82, 2.24) is 0 Å². The van der Waals surface area contributed by atoms with E-state index in [4.69, 9.17) is 16.3 Å². The van der Waals surface area contributed by atoms with Crippen LogP contribution < -0.4 is 4.74 Å². The van der Waals surface area contributed by atoms with Crippen LogP contribution in [0.3, 0.4) is 0 Å². The van der Waals surface area contributed by atoms with E-state index in [1.165, 1.54) is 37.7 Å². The van der Waals surface area contributed by atoms with Gasteiger partial charge in [0.05, 0.1) is 11.6 Å². The van der Waals surface area contributed by atoms with Gasteiger partial charge in [-0.05, 0) is 35.6 Å². The Balaban J connectivity index is 1.58. The first-order chi connectivity index (χ1) is 10.8. The summed E-state index contributed by atoms with van der Waals surface area (Å²) in [4.78, 5) is 0. The highest BCUT2D eigenvalue weighted by Crippen LogP contribution is 2.31. The molecule has 3 rings (SSSR count). The SMILES string of the molecule is Clc1cc(-c2ccccc2)ccc1OCCC1CCCCC1. The molecule has 0 amide bonds. The van der Waals surface area contributed by atoms with E-state index in [9.17, 15) is 0 Å². The van der Waals surface area contributed by atoms with Gasteiger partial charge in [0.15, 0.2) is 0 Å². The van der Waals surface area contributed by atoms with E-state index in [0.29, 0.717) is 5.02 Å². The van der Waals surface area contributed by atoms with E-state index in [-0.39, 0.29) is 0 Å². The van der Waals surface area contributed by atoms with Crippen molar-refractivity contribution in [3.05, 3.63) is 53.6 Å². The third-order valence-corrected chi connectivity index (χ3v) is 4.84. The molecule has 1 nitrogen and oxygen atoms in total. The lowest BCUT2D eigenvalue weighted by Crippen LogP contribution is -2.10. The Morgan fingerprint density at radius 1 is 0.909 bits per heavy atom. The molecule has 2 heteroatoms. The fourth-order valence-electron chi connectivity index (χ4n) is 3.24. The van der Waals surface area contributed by atoms with Crippen molar-refractivity contribution in [3.8, 4) is 16.9 Å². The summed E-state index contributed by atoms with van der Waals surface area (Å²) in [5.41, 5.74) is 2.31. The molecular formula is C20H23ClO. The van der Waals surface area contributed by atoms with Crippen LogP contribution >= 0.6 is 11.6 Å². The van der Waals surface area contributed by atoms with Gasteiger partial charge < -0.3 is 4.74 Å². The van der Waals surface area contributed by atoms with Gasteiger partial charge in [0.25, 0.3) is 0 Å². The van der Waals surface area contributed by atoms with E-state index in [1.807, 2.05) is 30.3 Å². The molecule has 1 aliphatic rings. The molecule has 0 bridgehead atoms. The highest BCUT2D eigenvalue weighted by molar-refractivity contribution is 6.32. The average Bonchev–Trinajstić information content (AvgIpc) is 2.58.